The van der Waals surface area contributed by atoms with Crippen molar-refractivity contribution in [3.63, 3.8) is 0 Å². The van der Waals surface area contributed by atoms with Crippen molar-refractivity contribution in [3.8, 4) is 0 Å². The maximum Gasteiger partial charge on any atom is 0.164 e. The molecule has 74 valence electrons. The number of thiazole rings is 1. The molecule has 2 heterocycles. The van der Waals surface area contributed by atoms with Crippen molar-refractivity contribution in [2.75, 3.05) is 5.73 Å². The lowest BCUT2D eigenvalue weighted by atomic mass is 10.5. The van der Waals surface area contributed by atoms with Crippen molar-refractivity contribution >= 4 is 40.4 Å². The molecule has 4 nitrogen and oxygen atoms in total. The highest BCUT2D eigenvalue weighted by Crippen LogP contribution is 2.21. The molecule has 7 heteroatoms. The van der Waals surface area contributed by atoms with Crippen LogP contribution in [-0.4, -0.2) is 14.8 Å². The van der Waals surface area contributed by atoms with Gasteiger partial charge in [-0.3, -0.25) is 4.68 Å². The third-order valence-corrected chi connectivity index (χ3v) is 3.19. The second-order valence-electron chi connectivity index (χ2n) is 2.63. The Bertz CT molecular complexity index is 431. The van der Waals surface area contributed by atoms with Crippen LogP contribution in [0.2, 0.25) is 10.2 Å². The summed E-state index contributed by atoms with van der Waals surface area (Å²) in [6.45, 7) is 0.542. The summed E-state index contributed by atoms with van der Waals surface area (Å²) in [5, 5.41) is 4.96. The summed E-state index contributed by atoms with van der Waals surface area (Å²) in [6.07, 6.45) is 1.66. The van der Waals surface area contributed by atoms with E-state index in [-0.39, 0.29) is 0 Å². The molecule has 0 unspecified atom stereocenters. The highest BCUT2D eigenvalue weighted by molar-refractivity contribution is 7.10. The molecule has 0 aliphatic rings. The first-order chi connectivity index (χ1) is 6.66. The van der Waals surface area contributed by atoms with E-state index < -0.39 is 0 Å². The predicted molar refractivity (Wildman–Crippen MR) is 57.9 cm³/mol. The van der Waals surface area contributed by atoms with Crippen LogP contribution >= 0.6 is 34.5 Å². The van der Waals surface area contributed by atoms with Crippen LogP contribution in [0.3, 0.4) is 0 Å². The Kier molecular flexibility index (Phi) is 2.62. The molecule has 0 bridgehead atoms. The molecule has 2 aromatic rings. The van der Waals surface area contributed by atoms with Gasteiger partial charge in [-0.15, -0.1) is 11.3 Å². The van der Waals surface area contributed by atoms with E-state index in [0.717, 1.165) is 4.88 Å². The van der Waals surface area contributed by atoms with Gasteiger partial charge in [-0.1, -0.05) is 23.2 Å². The van der Waals surface area contributed by atoms with Crippen molar-refractivity contribution in [1.29, 1.82) is 0 Å². The topological polar surface area (TPSA) is 56.7 Å². The second kappa shape index (κ2) is 3.76. The summed E-state index contributed by atoms with van der Waals surface area (Å²) in [7, 11) is 0. The average molecular weight is 249 g/mol. The molecular formula is C7H6Cl2N4S. The van der Waals surface area contributed by atoms with Gasteiger partial charge in [0.15, 0.2) is 5.82 Å². The van der Waals surface area contributed by atoms with Crippen LogP contribution in [0.25, 0.3) is 0 Å². The summed E-state index contributed by atoms with van der Waals surface area (Å²) in [5.74, 6) is 0.326. The minimum absolute atomic E-state index is 0.326. The maximum atomic E-state index is 5.83. The smallest absolute Gasteiger partial charge is 0.164 e. The lowest BCUT2D eigenvalue weighted by molar-refractivity contribution is 0.697. The fourth-order valence-electron chi connectivity index (χ4n) is 0.999. The number of nitrogens with two attached hydrogens (primary N) is 1. The van der Waals surface area contributed by atoms with E-state index in [1.165, 1.54) is 11.3 Å². The molecule has 2 rings (SSSR count). The molecule has 14 heavy (non-hydrogen) atoms. The molecule has 0 amide bonds. The van der Waals surface area contributed by atoms with E-state index >= 15 is 0 Å². The lowest BCUT2D eigenvalue weighted by Gasteiger charge is -1.97. The van der Waals surface area contributed by atoms with Crippen molar-refractivity contribution in [2.45, 2.75) is 6.54 Å². The van der Waals surface area contributed by atoms with Gasteiger partial charge in [0.25, 0.3) is 0 Å². The Labute approximate surface area is 94.3 Å². The van der Waals surface area contributed by atoms with Gasteiger partial charge in [0, 0.05) is 6.20 Å². The van der Waals surface area contributed by atoms with Crippen molar-refractivity contribution in [1.82, 2.24) is 14.8 Å². The van der Waals surface area contributed by atoms with Crippen LogP contribution in [0.4, 0.5) is 5.82 Å². The SMILES string of the molecule is Nc1nn(Cc2scnc2Cl)cc1Cl. The summed E-state index contributed by atoms with van der Waals surface area (Å²) >= 11 is 13.1. The van der Waals surface area contributed by atoms with Crippen LogP contribution in [0.1, 0.15) is 4.88 Å². The molecule has 0 spiro atoms. The third kappa shape index (κ3) is 1.84. The molecule has 0 saturated heterocycles. The van der Waals surface area contributed by atoms with Crippen LogP contribution in [0.15, 0.2) is 11.7 Å². The van der Waals surface area contributed by atoms with Crippen LogP contribution < -0.4 is 5.73 Å². The normalized spacial score (nSPS) is 10.7. The molecule has 0 aromatic carbocycles. The number of hydrogen-bond acceptors (Lipinski definition) is 4. The predicted octanol–water partition coefficient (Wildman–Crippen LogP) is 2.28. The van der Waals surface area contributed by atoms with E-state index in [0.29, 0.717) is 22.5 Å². The van der Waals surface area contributed by atoms with Gasteiger partial charge in [0.2, 0.25) is 0 Å². The van der Waals surface area contributed by atoms with Gasteiger partial charge in [0.05, 0.1) is 16.9 Å². The number of hydrogen-bond donors (Lipinski definition) is 1. The lowest BCUT2D eigenvalue weighted by Crippen LogP contribution is -1.99. The number of aromatic nitrogens is 3. The van der Waals surface area contributed by atoms with Gasteiger partial charge in [-0.05, 0) is 0 Å². The van der Waals surface area contributed by atoms with Crippen LogP contribution in [0, 0.1) is 0 Å². The molecule has 2 N–H and O–H groups in total. The maximum absolute atomic E-state index is 5.83. The van der Waals surface area contributed by atoms with E-state index in [9.17, 15) is 0 Å². The molecule has 0 aliphatic heterocycles. The van der Waals surface area contributed by atoms with Gasteiger partial charge >= 0.3 is 0 Å². The van der Waals surface area contributed by atoms with Crippen LogP contribution in [0.5, 0.6) is 0 Å². The minimum Gasteiger partial charge on any atom is -0.381 e. The second-order valence-corrected chi connectivity index (χ2v) is 4.33. The standard InChI is InChI=1S/C7H6Cl2N4S/c8-4-1-13(12-7(4)10)2-5-6(9)11-3-14-5/h1,3H,2H2,(H2,10,12). The molecule has 0 atom stereocenters. The minimum atomic E-state index is 0.326. The number of nitrogen functional groups attached to an aromatic ring is 1. The third-order valence-electron chi connectivity index (χ3n) is 1.64. The van der Waals surface area contributed by atoms with Crippen molar-refractivity contribution in [3.05, 3.63) is 26.8 Å². The van der Waals surface area contributed by atoms with Gasteiger partial charge in [-0.25, -0.2) is 4.98 Å². The summed E-state index contributed by atoms with van der Waals surface area (Å²) in [4.78, 5) is 4.86. The summed E-state index contributed by atoms with van der Waals surface area (Å²) in [6, 6.07) is 0. The Balaban J connectivity index is 2.23. The average Bonchev–Trinajstić information content (AvgIpc) is 2.63. The largest absolute Gasteiger partial charge is 0.381 e. The molecular weight excluding hydrogens is 243 g/mol. The number of halogens is 2. The van der Waals surface area contributed by atoms with Gasteiger partial charge in [0.1, 0.15) is 10.2 Å². The first-order valence-electron chi connectivity index (χ1n) is 3.73. The zero-order chi connectivity index (χ0) is 10.1. The highest BCUT2D eigenvalue weighted by atomic mass is 35.5. The molecule has 2 aromatic heterocycles. The van der Waals surface area contributed by atoms with Crippen LogP contribution in [-0.2, 0) is 6.54 Å². The fourth-order valence-corrected chi connectivity index (χ4v) is 2.09. The Hall–Kier alpha value is -0.780. The van der Waals surface area contributed by atoms with Crippen molar-refractivity contribution < 1.29 is 0 Å². The monoisotopic (exact) mass is 248 g/mol. The fraction of sp³-hybridized carbons (Fsp3) is 0.143. The van der Waals surface area contributed by atoms with Gasteiger partial charge in [-0.2, -0.15) is 5.10 Å². The van der Waals surface area contributed by atoms with Crippen molar-refractivity contribution in [2.24, 2.45) is 0 Å². The number of anilines is 1. The first kappa shape index (κ1) is 9.76. The summed E-state index contributed by atoms with van der Waals surface area (Å²) < 4.78 is 1.64. The Morgan fingerprint density at radius 2 is 2.29 bits per heavy atom. The zero-order valence-electron chi connectivity index (χ0n) is 6.94. The Morgan fingerprint density at radius 1 is 1.50 bits per heavy atom. The summed E-state index contributed by atoms with van der Waals surface area (Å²) in [5.41, 5.74) is 7.19. The molecule has 0 fully saturated rings. The Morgan fingerprint density at radius 3 is 2.79 bits per heavy atom. The first-order valence-corrected chi connectivity index (χ1v) is 5.36. The van der Waals surface area contributed by atoms with E-state index in [2.05, 4.69) is 10.1 Å². The van der Waals surface area contributed by atoms with E-state index in [4.69, 9.17) is 28.9 Å². The molecule has 0 aliphatic carbocycles. The molecule has 0 saturated carbocycles. The van der Waals surface area contributed by atoms with E-state index in [1.807, 2.05) is 0 Å². The highest BCUT2D eigenvalue weighted by Gasteiger charge is 2.07. The number of nitrogens with zero attached hydrogens (tertiary/aromatic N) is 3. The molecule has 0 radical (unpaired) electrons. The quantitative estimate of drug-likeness (QED) is 0.888. The number of rotatable bonds is 2. The van der Waals surface area contributed by atoms with Gasteiger partial charge < -0.3 is 5.73 Å². The zero-order valence-corrected chi connectivity index (χ0v) is 9.27. The van der Waals surface area contributed by atoms with E-state index in [1.54, 1.807) is 16.4 Å².